The summed E-state index contributed by atoms with van der Waals surface area (Å²) in [6.45, 7) is 5.41. The number of hydrazine groups is 1. The number of carbonyl (C=O) groups is 2. The molecule has 2 N–H and O–H groups in total. The lowest BCUT2D eigenvalue weighted by Gasteiger charge is -2.41. The van der Waals surface area contributed by atoms with Crippen molar-refractivity contribution < 1.29 is 28.2 Å². The molecule has 0 radical (unpaired) electrons. The Morgan fingerprint density at radius 2 is 1.67 bits per heavy atom. The number of anilines is 1. The lowest BCUT2D eigenvalue weighted by molar-refractivity contribution is -0.139. The summed E-state index contributed by atoms with van der Waals surface area (Å²) in [5.74, 6) is 5.89. The summed E-state index contributed by atoms with van der Waals surface area (Å²) >= 11 is -2.30. The molecule has 1 saturated heterocycles. The number of piperazine rings is 1. The van der Waals surface area contributed by atoms with Gasteiger partial charge < -0.3 is 14.7 Å². The van der Waals surface area contributed by atoms with Crippen LogP contribution >= 0.6 is 0 Å². The largest absolute Gasteiger partial charge is 0.496 e. The van der Waals surface area contributed by atoms with Crippen LogP contribution in [-0.2, 0) is 16.1 Å². The van der Waals surface area contributed by atoms with E-state index < -0.39 is 23.3 Å². The highest BCUT2D eigenvalue weighted by molar-refractivity contribution is 7.76. The molecule has 2 unspecified atom stereocenters. The van der Waals surface area contributed by atoms with E-state index in [4.69, 9.17) is 9.84 Å². The normalized spacial score (nSPS) is 15.5. The molecule has 204 valence electrons. The van der Waals surface area contributed by atoms with Gasteiger partial charge in [0.1, 0.15) is 5.75 Å². The maximum absolute atomic E-state index is 12.2. The van der Waals surface area contributed by atoms with E-state index in [0.29, 0.717) is 37.5 Å². The highest BCUT2D eigenvalue weighted by atomic mass is 32.2. The highest BCUT2D eigenvalue weighted by Gasteiger charge is 2.30. The summed E-state index contributed by atoms with van der Waals surface area (Å²) in [7, 11) is 1.55. The molecular formula is C29H31N3O6S. The number of methoxy groups -OCH3 is 1. The van der Waals surface area contributed by atoms with Crippen LogP contribution in [0.2, 0.25) is 0 Å². The second kappa shape index (κ2) is 12.4. The number of benzene rings is 3. The van der Waals surface area contributed by atoms with Gasteiger partial charge in [0.25, 0.3) is 0 Å². The molecule has 4 rings (SSSR count). The molecule has 0 amide bonds. The summed E-state index contributed by atoms with van der Waals surface area (Å²) in [4.78, 5) is 25.4. The second-order valence-electron chi connectivity index (χ2n) is 9.35. The number of aliphatic carboxylic acids is 1. The number of carboxylic acid groups (broad SMARTS) is 1. The predicted octanol–water partition coefficient (Wildman–Crippen LogP) is 3.79. The van der Waals surface area contributed by atoms with Crippen molar-refractivity contribution >= 4 is 39.5 Å². The zero-order chi connectivity index (χ0) is 28.1. The van der Waals surface area contributed by atoms with Crippen LogP contribution in [0.3, 0.4) is 0 Å². The molecule has 10 heteroatoms. The maximum Gasteiger partial charge on any atom is 0.305 e. The minimum Gasteiger partial charge on any atom is -0.496 e. The Balaban J connectivity index is 1.42. The number of ether oxygens (including phenoxy) is 1. The van der Waals surface area contributed by atoms with Crippen LogP contribution in [0.5, 0.6) is 5.75 Å². The first-order valence-electron chi connectivity index (χ1n) is 12.5. The third-order valence-electron chi connectivity index (χ3n) is 6.68. The van der Waals surface area contributed by atoms with E-state index in [2.05, 4.69) is 16.7 Å². The van der Waals surface area contributed by atoms with Crippen LogP contribution in [0.15, 0.2) is 54.6 Å². The van der Waals surface area contributed by atoms with Crippen LogP contribution in [0.4, 0.5) is 5.69 Å². The SMILES string of the molecule is COc1ccc2cc(C#Cc3ccc(N4CCN(N(C(C)CC(=O)O)S(=O)O)CC4)cc3)ccc2c1C(C)=O. The molecule has 3 aromatic rings. The Bertz CT molecular complexity index is 1460. The fraction of sp³-hybridized carbons (Fsp3) is 0.310. The smallest absolute Gasteiger partial charge is 0.305 e. The highest BCUT2D eigenvalue weighted by Crippen LogP contribution is 2.29. The van der Waals surface area contributed by atoms with Gasteiger partial charge in [-0.2, -0.15) is 0 Å². The van der Waals surface area contributed by atoms with Crippen molar-refractivity contribution in [3.8, 4) is 17.6 Å². The Morgan fingerprint density at radius 1 is 1.03 bits per heavy atom. The van der Waals surface area contributed by atoms with E-state index in [0.717, 1.165) is 27.6 Å². The van der Waals surface area contributed by atoms with Gasteiger partial charge in [0.05, 0.1) is 19.1 Å². The molecule has 0 bridgehead atoms. The van der Waals surface area contributed by atoms with Gasteiger partial charge in [-0.3, -0.25) is 14.1 Å². The Hall–Kier alpha value is -3.75. The van der Waals surface area contributed by atoms with E-state index in [1.165, 1.54) is 11.3 Å². The van der Waals surface area contributed by atoms with Crippen LogP contribution in [0.1, 0.15) is 41.8 Å². The van der Waals surface area contributed by atoms with Crippen molar-refractivity contribution in [2.24, 2.45) is 0 Å². The molecule has 0 spiro atoms. The van der Waals surface area contributed by atoms with Crippen LogP contribution in [0, 0.1) is 11.8 Å². The predicted molar refractivity (Wildman–Crippen MR) is 151 cm³/mol. The Morgan fingerprint density at radius 3 is 2.26 bits per heavy atom. The first kappa shape index (κ1) is 28.3. The monoisotopic (exact) mass is 549 g/mol. The van der Waals surface area contributed by atoms with Crippen molar-refractivity contribution in [2.45, 2.75) is 26.3 Å². The zero-order valence-electron chi connectivity index (χ0n) is 22.1. The quantitative estimate of drug-likeness (QED) is 0.248. The number of ketones is 1. The molecule has 9 nitrogen and oxygen atoms in total. The molecule has 3 aromatic carbocycles. The number of nitrogens with zero attached hydrogens (tertiary/aromatic N) is 3. The molecule has 1 fully saturated rings. The summed E-state index contributed by atoms with van der Waals surface area (Å²) in [6, 6.07) is 16.8. The van der Waals surface area contributed by atoms with Gasteiger partial charge in [-0.25, -0.2) is 9.22 Å². The van der Waals surface area contributed by atoms with Crippen molar-refractivity contribution in [1.82, 2.24) is 9.42 Å². The minimum absolute atomic E-state index is 0.0498. The molecule has 0 aliphatic carbocycles. The fourth-order valence-electron chi connectivity index (χ4n) is 4.83. The number of fused-ring (bicyclic) bond motifs is 1. The molecule has 1 aliphatic heterocycles. The Kier molecular flexibility index (Phi) is 8.99. The summed E-state index contributed by atoms with van der Waals surface area (Å²) < 4.78 is 28.2. The number of carbonyl (C=O) groups excluding carboxylic acids is 1. The molecule has 1 aliphatic rings. The first-order chi connectivity index (χ1) is 18.7. The van der Waals surface area contributed by atoms with Gasteiger partial charge in [0, 0.05) is 49.0 Å². The topological polar surface area (TPSA) is 111 Å². The van der Waals surface area contributed by atoms with Crippen molar-refractivity contribution in [2.75, 3.05) is 38.2 Å². The first-order valence-corrected chi connectivity index (χ1v) is 13.6. The molecule has 39 heavy (non-hydrogen) atoms. The number of Topliss-reactive ketones (excluding diaryl/α,β-unsaturated/α-hetero) is 1. The molecule has 0 aromatic heterocycles. The average molecular weight is 550 g/mol. The van der Waals surface area contributed by atoms with Gasteiger partial charge in [0.15, 0.2) is 5.78 Å². The summed E-state index contributed by atoms with van der Waals surface area (Å²) in [5, 5.41) is 12.6. The zero-order valence-corrected chi connectivity index (χ0v) is 22.9. The number of hydrogen-bond donors (Lipinski definition) is 2. The maximum atomic E-state index is 12.2. The van der Waals surface area contributed by atoms with Crippen molar-refractivity contribution in [3.63, 3.8) is 0 Å². The van der Waals surface area contributed by atoms with E-state index in [9.17, 15) is 18.4 Å². The Labute approximate surface area is 230 Å². The van der Waals surface area contributed by atoms with Crippen molar-refractivity contribution in [1.29, 1.82) is 0 Å². The van der Waals surface area contributed by atoms with Gasteiger partial charge in [-0.15, -0.1) is 4.41 Å². The van der Waals surface area contributed by atoms with Crippen molar-refractivity contribution in [3.05, 3.63) is 71.3 Å². The van der Waals surface area contributed by atoms with Crippen LogP contribution in [-0.4, -0.2) is 74.4 Å². The number of rotatable bonds is 8. The van der Waals surface area contributed by atoms with Crippen LogP contribution in [0.25, 0.3) is 10.8 Å². The van der Waals surface area contributed by atoms with Gasteiger partial charge >= 0.3 is 5.97 Å². The third-order valence-corrected chi connectivity index (χ3v) is 7.59. The summed E-state index contributed by atoms with van der Waals surface area (Å²) in [5.41, 5.74) is 3.29. The second-order valence-corrected chi connectivity index (χ2v) is 10.2. The minimum atomic E-state index is -2.30. The fourth-order valence-corrected chi connectivity index (χ4v) is 5.58. The molecular weight excluding hydrogens is 518 g/mol. The average Bonchev–Trinajstić information content (AvgIpc) is 2.91. The lowest BCUT2D eigenvalue weighted by atomic mass is 9.99. The molecule has 2 atom stereocenters. The van der Waals surface area contributed by atoms with Crippen LogP contribution < -0.4 is 9.64 Å². The van der Waals surface area contributed by atoms with Gasteiger partial charge in [-0.05, 0) is 67.1 Å². The summed E-state index contributed by atoms with van der Waals surface area (Å²) in [6.07, 6.45) is -0.220. The number of hydrogen-bond acceptors (Lipinski definition) is 6. The molecule has 0 saturated carbocycles. The molecule has 1 heterocycles. The van der Waals surface area contributed by atoms with E-state index >= 15 is 0 Å². The third kappa shape index (κ3) is 6.64. The van der Waals surface area contributed by atoms with E-state index in [1.54, 1.807) is 25.1 Å². The van der Waals surface area contributed by atoms with E-state index in [1.807, 2.05) is 48.5 Å². The van der Waals surface area contributed by atoms with E-state index in [-0.39, 0.29) is 12.2 Å². The van der Waals surface area contributed by atoms with Gasteiger partial charge in [0.2, 0.25) is 11.3 Å². The standard InChI is InChI=1S/C29H31N3O6S/c1-20(18-28(34)35)32(39(36)37)31-16-14-30(15-17-31)25-10-6-22(7-11-25)4-5-23-8-12-26-24(19-23)9-13-27(38-3)29(26)21(2)33/h6-13,19-20H,14-18H2,1-3H3,(H,34,35)(H,36,37). The van der Waals surface area contributed by atoms with Gasteiger partial charge in [-0.1, -0.05) is 24.0 Å². The number of carboxylic acids is 1. The lowest BCUT2D eigenvalue weighted by Crippen LogP contribution is -2.57.